The number of hydrogen-bond acceptors (Lipinski definition) is 3. The second kappa shape index (κ2) is 3.34. The maximum atomic E-state index is 4.09. The highest BCUT2D eigenvalue weighted by atomic mass is 15.0. The van der Waals surface area contributed by atoms with Gasteiger partial charge in [-0.25, -0.2) is 9.97 Å². The van der Waals surface area contributed by atoms with Crippen LogP contribution in [-0.2, 0) is 0 Å². The normalized spacial score (nSPS) is 16.7. The lowest BCUT2D eigenvalue weighted by Crippen LogP contribution is -2.15. The van der Waals surface area contributed by atoms with Gasteiger partial charge in [-0.2, -0.15) is 0 Å². The van der Waals surface area contributed by atoms with Crippen molar-refractivity contribution in [3.8, 4) is 0 Å². The zero-order chi connectivity index (χ0) is 8.23. The molecule has 0 atom stereocenters. The Morgan fingerprint density at radius 3 is 2.83 bits per heavy atom. The van der Waals surface area contributed by atoms with Gasteiger partial charge in [0.15, 0.2) is 0 Å². The van der Waals surface area contributed by atoms with Crippen LogP contribution in [-0.4, -0.2) is 16.0 Å². The number of aromatic nitrogens is 2. The van der Waals surface area contributed by atoms with Crippen LogP contribution >= 0.6 is 0 Å². The van der Waals surface area contributed by atoms with Crippen LogP contribution in [0.2, 0.25) is 0 Å². The molecule has 62 valence electrons. The average Bonchev–Trinajstić information content (AvgIpc) is 2.59. The molecular weight excluding hydrogens is 150 g/mol. The summed E-state index contributed by atoms with van der Waals surface area (Å²) in [4.78, 5) is 7.95. The number of anilines is 1. The number of nitrogens with one attached hydrogen (secondary N) is 1. The first-order chi connectivity index (χ1) is 5.95. The zero-order valence-electron chi connectivity index (χ0n) is 6.77. The first-order valence-corrected chi connectivity index (χ1v) is 4.13. The van der Waals surface area contributed by atoms with E-state index < -0.39 is 0 Å². The van der Waals surface area contributed by atoms with Crippen LogP contribution in [0.25, 0.3) is 0 Å². The van der Waals surface area contributed by atoms with Crippen molar-refractivity contribution in [1.29, 1.82) is 0 Å². The van der Waals surface area contributed by atoms with Crippen molar-refractivity contribution < 1.29 is 0 Å². The highest BCUT2D eigenvalue weighted by Crippen LogP contribution is 2.13. The van der Waals surface area contributed by atoms with E-state index in [1.54, 1.807) is 12.5 Å². The Labute approximate surface area is 71.5 Å². The summed E-state index contributed by atoms with van der Waals surface area (Å²) in [6.45, 7) is 0. The molecule has 2 rings (SSSR count). The minimum atomic E-state index is 0.528. The predicted octanol–water partition coefficient (Wildman–Crippen LogP) is 1.61. The number of hydrogen-bond donors (Lipinski definition) is 1. The smallest absolute Gasteiger partial charge is 0.129 e. The molecule has 1 aromatic heterocycles. The lowest BCUT2D eigenvalue weighted by Gasteiger charge is -2.11. The Morgan fingerprint density at radius 2 is 2.17 bits per heavy atom. The molecule has 0 unspecified atom stereocenters. The third-order valence-corrected chi connectivity index (χ3v) is 1.94. The Bertz CT molecular complexity index is 260. The van der Waals surface area contributed by atoms with Gasteiger partial charge in [0.05, 0.1) is 0 Å². The molecule has 3 heteroatoms. The molecule has 0 fully saturated rings. The molecular formula is C9H11N3. The quantitative estimate of drug-likeness (QED) is 0.669. The highest BCUT2D eigenvalue weighted by Gasteiger charge is 2.09. The van der Waals surface area contributed by atoms with Gasteiger partial charge in [-0.15, -0.1) is 0 Å². The van der Waals surface area contributed by atoms with Gasteiger partial charge in [0.2, 0.25) is 0 Å². The Balaban J connectivity index is 1.95. The van der Waals surface area contributed by atoms with E-state index in [0.29, 0.717) is 6.04 Å². The summed E-state index contributed by atoms with van der Waals surface area (Å²) in [6.07, 6.45) is 9.90. The van der Waals surface area contributed by atoms with Gasteiger partial charge in [-0.1, -0.05) is 12.2 Å². The van der Waals surface area contributed by atoms with Gasteiger partial charge >= 0.3 is 0 Å². The standard InChI is InChI=1S/C9H11N3/c1-2-4-8(3-1)12-9-5-6-10-7-11-9/h1-2,5-8H,3-4H2,(H,10,11,12). The van der Waals surface area contributed by atoms with Crippen molar-refractivity contribution in [2.75, 3.05) is 5.32 Å². The topological polar surface area (TPSA) is 37.8 Å². The van der Waals surface area contributed by atoms with E-state index in [2.05, 4.69) is 27.4 Å². The van der Waals surface area contributed by atoms with E-state index in [1.165, 1.54) is 0 Å². The second-order valence-electron chi connectivity index (χ2n) is 2.88. The molecule has 0 amide bonds. The van der Waals surface area contributed by atoms with Gasteiger partial charge < -0.3 is 5.32 Å². The molecule has 0 bridgehead atoms. The summed E-state index contributed by atoms with van der Waals surface area (Å²) < 4.78 is 0. The van der Waals surface area contributed by atoms with E-state index in [9.17, 15) is 0 Å². The van der Waals surface area contributed by atoms with Crippen molar-refractivity contribution in [2.45, 2.75) is 18.9 Å². The Hall–Kier alpha value is -1.38. The van der Waals surface area contributed by atoms with Crippen molar-refractivity contribution >= 4 is 5.82 Å². The largest absolute Gasteiger partial charge is 0.367 e. The van der Waals surface area contributed by atoms with Crippen molar-refractivity contribution in [3.63, 3.8) is 0 Å². The third kappa shape index (κ3) is 1.61. The van der Waals surface area contributed by atoms with E-state index in [0.717, 1.165) is 18.7 Å². The van der Waals surface area contributed by atoms with E-state index >= 15 is 0 Å². The van der Waals surface area contributed by atoms with E-state index in [4.69, 9.17) is 0 Å². The molecule has 1 aliphatic carbocycles. The van der Waals surface area contributed by atoms with Gasteiger partial charge in [0.1, 0.15) is 12.1 Å². The molecule has 1 aliphatic rings. The lowest BCUT2D eigenvalue weighted by atomic mass is 10.2. The summed E-state index contributed by atoms with van der Waals surface area (Å²) >= 11 is 0. The van der Waals surface area contributed by atoms with Crippen LogP contribution in [0.15, 0.2) is 30.7 Å². The van der Waals surface area contributed by atoms with Gasteiger partial charge in [-0.3, -0.25) is 0 Å². The molecule has 1 heterocycles. The maximum absolute atomic E-state index is 4.09. The fraction of sp³-hybridized carbons (Fsp3) is 0.333. The fourth-order valence-electron chi connectivity index (χ4n) is 1.32. The SMILES string of the molecule is C1=CCC(Nc2ccncn2)C1. The van der Waals surface area contributed by atoms with Crippen LogP contribution < -0.4 is 5.32 Å². The average molecular weight is 161 g/mol. The Kier molecular flexibility index (Phi) is 2.03. The lowest BCUT2D eigenvalue weighted by molar-refractivity contribution is 0.780. The first kappa shape index (κ1) is 7.28. The molecule has 0 saturated carbocycles. The van der Waals surface area contributed by atoms with E-state index in [1.807, 2.05) is 6.07 Å². The summed E-state index contributed by atoms with van der Waals surface area (Å²) in [5.41, 5.74) is 0. The molecule has 0 saturated heterocycles. The van der Waals surface area contributed by atoms with Crippen molar-refractivity contribution in [1.82, 2.24) is 9.97 Å². The third-order valence-electron chi connectivity index (χ3n) is 1.94. The summed E-state index contributed by atoms with van der Waals surface area (Å²) in [7, 11) is 0. The van der Waals surface area contributed by atoms with Gasteiger partial charge in [0.25, 0.3) is 0 Å². The maximum Gasteiger partial charge on any atom is 0.129 e. The minimum Gasteiger partial charge on any atom is -0.367 e. The minimum absolute atomic E-state index is 0.528. The molecule has 0 aromatic carbocycles. The van der Waals surface area contributed by atoms with Crippen LogP contribution in [0.5, 0.6) is 0 Å². The Morgan fingerprint density at radius 1 is 1.33 bits per heavy atom. The molecule has 0 radical (unpaired) electrons. The predicted molar refractivity (Wildman–Crippen MR) is 47.8 cm³/mol. The first-order valence-electron chi connectivity index (χ1n) is 4.13. The molecule has 0 spiro atoms. The molecule has 0 aliphatic heterocycles. The number of nitrogens with zero attached hydrogens (tertiary/aromatic N) is 2. The number of rotatable bonds is 2. The molecule has 3 nitrogen and oxygen atoms in total. The highest BCUT2D eigenvalue weighted by molar-refractivity contribution is 5.34. The molecule has 1 N–H and O–H groups in total. The summed E-state index contributed by atoms with van der Waals surface area (Å²) in [5, 5.41) is 3.33. The summed E-state index contributed by atoms with van der Waals surface area (Å²) in [5.74, 6) is 0.915. The molecule has 12 heavy (non-hydrogen) atoms. The monoisotopic (exact) mass is 161 g/mol. The van der Waals surface area contributed by atoms with Crippen LogP contribution in [0.4, 0.5) is 5.82 Å². The van der Waals surface area contributed by atoms with Crippen molar-refractivity contribution in [2.24, 2.45) is 0 Å². The van der Waals surface area contributed by atoms with Crippen LogP contribution in [0.3, 0.4) is 0 Å². The zero-order valence-corrected chi connectivity index (χ0v) is 6.77. The van der Waals surface area contributed by atoms with Gasteiger partial charge in [-0.05, 0) is 18.9 Å². The van der Waals surface area contributed by atoms with Crippen molar-refractivity contribution in [3.05, 3.63) is 30.7 Å². The fourth-order valence-corrected chi connectivity index (χ4v) is 1.32. The second-order valence-corrected chi connectivity index (χ2v) is 2.88. The van der Waals surface area contributed by atoms with Gasteiger partial charge in [0, 0.05) is 12.2 Å². The van der Waals surface area contributed by atoms with E-state index in [-0.39, 0.29) is 0 Å². The van der Waals surface area contributed by atoms with Crippen LogP contribution in [0.1, 0.15) is 12.8 Å². The summed E-state index contributed by atoms with van der Waals surface area (Å²) in [6, 6.07) is 2.41. The molecule has 1 aromatic rings. The van der Waals surface area contributed by atoms with Crippen LogP contribution in [0, 0.1) is 0 Å².